The minimum absolute atomic E-state index is 0.0426. The molecule has 2 amide bonds. The third kappa shape index (κ3) is 4.26. The van der Waals surface area contributed by atoms with Gasteiger partial charge in [-0.2, -0.15) is 0 Å². The number of rotatable bonds is 5. The first-order chi connectivity index (χ1) is 16.0. The number of fused-ring (bicyclic) bond motifs is 1. The van der Waals surface area contributed by atoms with Crippen LogP contribution in [0.15, 0.2) is 48.5 Å². The molecule has 172 valence electrons. The van der Waals surface area contributed by atoms with Crippen LogP contribution in [0.5, 0.6) is 0 Å². The van der Waals surface area contributed by atoms with Gasteiger partial charge in [-0.15, -0.1) is 0 Å². The summed E-state index contributed by atoms with van der Waals surface area (Å²) < 4.78 is 2.05. The van der Waals surface area contributed by atoms with Crippen molar-refractivity contribution in [2.45, 2.75) is 64.0 Å². The molecule has 1 atom stereocenters. The summed E-state index contributed by atoms with van der Waals surface area (Å²) in [5.41, 5.74) is 3.93. The van der Waals surface area contributed by atoms with Gasteiger partial charge in [0, 0.05) is 37.7 Å². The highest BCUT2D eigenvalue weighted by Gasteiger charge is 2.35. The third-order valence-electron chi connectivity index (χ3n) is 7.33. The van der Waals surface area contributed by atoms with Crippen molar-refractivity contribution in [3.63, 3.8) is 0 Å². The lowest BCUT2D eigenvalue weighted by Crippen LogP contribution is -2.40. The zero-order valence-corrected chi connectivity index (χ0v) is 19.5. The molecule has 5 rings (SSSR count). The van der Waals surface area contributed by atoms with E-state index in [1.165, 1.54) is 24.8 Å². The van der Waals surface area contributed by atoms with Gasteiger partial charge in [0.15, 0.2) is 0 Å². The van der Waals surface area contributed by atoms with E-state index in [2.05, 4.69) is 0 Å². The van der Waals surface area contributed by atoms with Gasteiger partial charge in [-0.1, -0.05) is 49.1 Å². The van der Waals surface area contributed by atoms with Crippen LogP contribution in [0.1, 0.15) is 55.8 Å². The molecule has 0 spiro atoms. The van der Waals surface area contributed by atoms with Crippen LogP contribution in [0.4, 0.5) is 5.69 Å². The number of para-hydroxylation sites is 2. The zero-order valence-electron chi connectivity index (χ0n) is 19.5. The highest BCUT2D eigenvalue weighted by Crippen LogP contribution is 2.33. The topological polar surface area (TPSA) is 58.4 Å². The van der Waals surface area contributed by atoms with Crippen LogP contribution >= 0.6 is 0 Å². The molecule has 0 bridgehead atoms. The number of anilines is 1. The maximum atomic E-state index is 13.3. The zero-order chi connectivity index (χ0) is 22.9. The van der Waals surface area contributed by atoms with Gasteiger partial charge in [0.1, 0.15) is 12.4 Å². The van der Waals surface area contributed by atoms with E-state index < -0.39 is 0 Å². The van der Waals surface area contributed by atoms with Gasteiger partial charge < -0.3 is 14.4 Å². The standard InChI is InChI=1S/C27H32N4O2/c1-19-12-14-22(15-13-19)30-17-20(16-25(30)32)27-28-23-10-6-7-11-24(23)31(27)18-26(33)29(2)21-8-4-3-5-9-21/h6-7,10-15,20-21H,3-5,8-9,16-18H2,1-2H3. The van der Waals surface area contributed by atoms with E-state index in [0.29, 0.717) is 19.0 Å². The molecule has 1 aromatic heterocycles. The molecule has 2 aromatic carbocycles. The lowest BCUT2D eigenvalue weighted by Gasteiger charge is -2.31. The molecular weight excluding hydrogens is 412 g/mol. The van der Waals surface area contributed by atoms with E-state index in [1.807, 2.05) is 76.9 Å². The number of amides is 2. The van der Waals surface area contributed by atoms with Crippen molar-refractivity contribution in [1.82, 2.24) is 14.5 Å². The number of benzene rings is 2. The van der Waals surface area contributed by atoms with Crippen LogP contribution in [-0.4, -0.2) is 45.9 Å². The summed E-state index contributed by atoms with van der Waals surface area (Å²) in [4.78, 5) is 34.9. The molecule has 1 saturated heterocycles. The fraction of sp³-hybridized carbons (Fsp3) is 0.444. The molecule has 1 saturated carbocycles. The van der Waals surface area contributed by atoms with Crippen LogP contribution in [0.2, 0.25) is 0 Å². The average molecular weight is 445 g/mol. The first kappa shape index (κ1) is 21.7. The first-order valence-corrected chi connectivity index (χ1v) is 12.1. The van der Waals surface area contributed by atoms with Gasteiger partial charge in [-0.3, -0.25) is 9.59 Å². The van der Waals surface area contributed by atoms with Crippen molar-refractivity contribution in [2.75, 3.05) is 18.5 Å². The lowest BCUT2D eigenvalue weighted by molar-refractivity contribution is -0.133. The quantitative estimate of drug-likeness (QED) is 0.575. The molecule has 6 heteroatoms. The summed E-state index contributed by atoms with van der Waals surface area (Å²) in [6, 6.07) is 16.4. The van der Waals surface area contributed by atoms with Crippen molar-refractivity contribution >= 4 is 28.5 Å². The third-order valence-corrected chi connectivity index (χ3v) is 7.33. The van der Waals surface area contributed by atoms with Gasteiger partial charge in [0.05, 0.1) is 11.0 Å². The Hall–Kier alpha value is -3.15. The summed E-state index contributed by atoms with van der Waals surface area (Å²) in [6.45, 7) is 2.89. The van der Waals surface area contributed by atoms with Crippen LogP contribution in [0.25, 0.3) is 11.0 Å². The Balaban J connectivity index is 1.43. The van der Waals surface area contributed by atoms with Crippen molar-refractivity contribution in [1.29, 1.82) is 0 Å². The van der Waals surface area contributed by atoms with E-state index in [1.54, 1.807) is 0 Å². The molecule has 1 aliphatic carbocycles. The Morgan fingerprint density at radius 2 is 1.79 bits per heavy atom. The Kier molecular flexibility index (Phi) is 5.92. The van der Waals surface area contributed by atoms with Crippen molar-refractivity contribution in [3.05, 3.63) is 59.9 Å². The second-order valence-electron chi connectivity index (χ2n) is 9.58. The average Bonchev–Trinajstić information content (AvgIpc) is 3.40. The molecular formula is C27H32N4O2. The highest BCUT2D eigenvalue weighted by molar-refractivity contribution is 5.96. The smallest absolute Gasteiger partial charge is 0.242 e. The lowest BCUT2D eigenvalue weighted by atomic mass is 9.94. The largest absolute Gasteiger partial charge is 0.341 e. The summed E-state index contributed by atoms with van der Waals surface area (Å²) in [6.07, 6.45) is 6.23. The fourth-order valence-corrected chi connectivity index (χ4v) is 5.35. The molecule has 1 unspecified atom stereocenters. The van der Waals surface area contributed by atoms with E-state index in [-0.39, 0.29) is 24.3 Å². The fourth-order valence-electron chi connectivity index (χ4n) is 5.35. The predicted molar refractivity (Wildman–Crippen MR) is 130 cm³/mol. The number of carbonyl (C=O) groups is 2. The van der Waals surface area contributed by atoms with E-state index >= 15 is 0 Å². The Bertz CT molecular complexity index is 1160. The Morgan fingerprint density at radius 1 is 1.06 bits per heavy atom. The number of likely N-dealkylation sites (N-methyl/N-ethyl adjacent to an activating group) is 1. The second-order valence-corrected chi connectivity index (χ2v) is 9.58. The molecule has 2 heterocycles. The van der Waals surface area contributed by atoms with Crippen LogP contribution in [-0.2, 0) is 16.1 Å². The molecule has 2 fully saturated rings. The number of hydrogen-bond acceptors (Lipinski definition) is 3. The van der Waals surface area contributed by atoms with E-state index in [4.69, 9.17) is 4.98 Å². The summed E-state index contributed by atoms with van der Waals surface area (Å²) in [7, 11) is 1.94. The number of hydrogen-bond donors (Lipinski definition) is 0. The van der Waals surface area contributed by atoms with Gasteiger partial charge in [0.2, 0.25) is 11.8 Å². The maximum absolute atomic E-state index is 13.3. The maximum Gasteiger partial charge on any atom is 0.242 e. The molecule has 33 heavy (non-hydrogen) atoms. The number of imidazole rings is 1. The Morgan fingerprint density at radius 3 is 2.55 bits per heavy atom. The van der Waals surface area contributed by atoms with Gasteiger partial charge >= 0.3 is 0 Å². The molecule has 1 aliphatic heterocycles. The summed E-state index contributed by atoms with van der Waals surface area (Å²) in [5.74, 6) is 1.02. The molecule has 3 aromatic rings. The van der Waals surface area contributed by atoms with Crippen LogP contribution < -0.4 is 4.90 Å². The SMILES string of the molecule is Cc1ccc(N2CC(c3nc4ccccc4n3CC(=O)N(C)C3CCCCC3)CC2=O)cc1. The second kappa shape index (κ2) is 9.00. The van der Waals surface area contributed by atoms with Crippen LogP contribution in [0, 0.1) is 6.92 Å². The van der Waals surface area contributed by atoms with Crippen molar-refractivity contribution in [3.8, 4) is 0 Å². The number of carbonyl (C=O) groups excluding carboxylic acids is 2. The number of nitrogens with zero attached hydrogens (tertiary/aromatic N) is 4. The van der Waals surface area contributed by atoms with Gasteiger partial charge in [0.25, 0.3) is 0 Å². The van der Waals surface area contributed by atoms with Gasteiger partial charge in [-0.05, 0) is 44.0 Å². The number of aromatic nitrogens is 2. The molecule has 0 radical (unpaired) electrons. The first-order valence-electron chi connectivity index (χ1n) is 12.1. The minimum Gasteiger partial charge on any atom is -0.341 e. The Labute approximate surface area is 195 Å². The predicted octanol–water partition coefficient (Wildman–Crippen LogP) is 4.66. The van der Waals surface area contributed by atoms with E-state index in [9.17, 15) is 9.59 Å². The normalized spacial score (nSPS) is 19.4. The van der Waals surface area contributed by atoms with E-state index in [0.717, 1.165) is 35.4 Å². The van der Waals surface area contributed by atoms with Crippen molar-refractivity contribution in [2.24, 2.45) is 0 Å². The van der Waals surface area contributed by atoms with Crippen molar-refractivity contribution < 1.29 is 9.59 Å². The van der Waals surface area contributed by atoms with Gasteiger partial charge in [-0.25, -0.2) is 4.98 Å². The molecule has 6 nitrogen and oxygen atoms in total. The van der Waals surface area contributed by atoms with Crippen LogP contribution in [0.3, 0.4) is 0 Å². The minimum atomic E-state index is -0.0426. The highest BCUT2D eigenvalue weighted by atomic mass is 16.2. The molecule has 0 N–H and O–H groups in total. The summed E-state index contributed by atoms with van der Waals surface area (Å²) in [5, 5.41) is 0. The monoisotopic (exact) mass is 444 g/mol. The number of aryl methyl sites for hydroxylation is 1. The molecule has 2 aliphatic rings. The summed E-state index contributed by atoms with van der Waals surface area (Å²) >= 11 is 0.